The Morgan fingerprint density at radius 3 is 2.70 bits per heavy atom. The van der Waals surface area contributed by atoms with E-state index in [4.69, 9.17) is 4.42 Å². The molecule has 2 amide bonds. The first-order valence-corrected chi connectivity index (χ1v) is 8.51. The van der Waals surface area contributed by atoms with Gasteiger partial charge in [-0.1, -0.05) is 25.0 Å². The molecule has 1 aliphatic rings. The Morgan fingerprint density at radius 2 is 1.96 bits per heavy atom. The van der Waals surface area contributed by atoms with Gasteiger partial charge in [-0.2, -0.15) is 5.10 Å². The topological polar surface area (TPSA) is 127 Å². The fourth-order valence-corrected chi connectivity index (χ4v) is 2.88. The number of furan rings is 1. The van der Waals surface area contributed by atoms with Crippen LogP contribution in [0.1, 0.15) is 31.4 Å². The summed E-state index contributed by atoms with van der Waals surface area (Å²) in [4.78, 5) is 33.8. The van der Waals surface area contributed by atoms with E-state index in [1.165, 1.54) is 18.3 Å². The van der Waals surface area contributed by atoms with E-state index < -0.39 is 16.7 Å². The summed E-state index contributed by atoms with van der Waals surface area (Å²) < 4.78 is 5.53. The Labute approximate surface area is 154 Å². The summed E-state index contributed by atoms with van der Waals surface area (Å²) in [6.07, 6.45) is 5.12. The van der Waals surface area contributed by atoms with Gasteiger partial charge in [0, 0.05) is 23.7 Å². The van der Waals surface area contributed by atoms with Crippen molar-refractivity contribution in [3.8, 4) is 11.3 Å². The number of nitrogens with zero attached hydrogens (tertiary/aromatic N) is 2. The third kappa shape index (κ3) is 4.78. The van der Waals surface area contributed by atoms with Gasteiger partial charge in [0.25, 0.3) is 5.69 Å². The van der Waals surface area contributed by atoms with Crippen molar-refractivity contribution >= 4 is 23.7 Å². The van der Waals surface area contributed by atoms with Gasteiger partial charge in [-0.3, -0.25) is 19.7 Å². The Balaban J connectivity index is 1.57. The Morgan fingerprint density at radius 1 is 1.19 bits per heavy atom. The fraction of sp³-hybridized carbons (Fsp3) is 0.278. The molecule has 1 fully saturated rings. The normalized spacial score (nSPS) is 14.4. The van der Waals surface area contributed by atoms with Crippen LogP contribution in [-0.4, -0.2) is 29.0 Å². The summed E-state index contributed by atoms with van der Waals surface area (Å²) >= 11 is 0. The van der Waals surface area contributed by atoms with Crippen LogP contribution in [0.5, 0.6) is 0 Å². The minimum Gasteiger partial charge on any atom is -0.455 e. The molecular weight excluding hydrogens is 352 g/mol. The van der Waals surface area contributed by atoms with Crippen LogP contribution in [-0.2, 0) is 9.59 Å². The second-order valence-electron chi connectivity index (χ2n) is 6.16. The van der Waals surface area contributed by atoms with Crippen LogP contribution in [0.4, 0.5) is 5.69 Å². The number of nitro benzene ring substituents is 1. The van der Waals surface area contributed by atoms with Gasteiger partial charge >= 0.3 is 11.8 Å². The van der Waals surface area contributed by atoms with E-state index in [1.54, 1.807) is 24.3 Å². The van der Waals surface area contributed by atoms with E-state index in [2.05, 4.69) is 15.8 Å². The number of non-ortho nitro benzene ring substituents is 1. The molecule has 2 N–H and O–H groups in total. The number of amides is 2. The van der Waals surface area contributed by atoms with Crippen molar-refractivity contribution in [1.82, 2.24) is 10.7 Å². The lowest BCUT2D eigenvalue weighted by atomic mass is 10.1. The highest BCUT2D eigenvalue weighted by atomic mass is 16.6. The first kappa shape index (κ1) is 18.3. The minimum absolute atomic E-state index is 0.0420. The average Bonchev–Trinajstić information content (AvgIpc) is 3.33. The fourth-order valence-electron chi connectivity index (χ4n) is 2.88. The average molecular weight is 370 g/mol. The van der Waals surface area contributed by atoms with Crippen LogP contribution in [0.25, 0.3) is 11.3 Å². The van der Waals surface area contributed by atoms with E-state index in [9.17, 15) is 19.7 Å². The predicted octanol–water partition coefficient (Wildman–Crippen LogP) is 2.36. The Kier molecular flexibility index (Phi) is 5.60. The molecule has 1 saturated carbocycles. The molecule has 0 spiro atoms. The summed E-state index contributed by atoms with van der Waals surface area (Å²) in [5.41, 5.74) is 2.65. The smallest absolute Gasteiger partial charge is 0.329 e. The van der Waals surface area contributed by atoms with Crippen molar-refractivity contribution in [3.63, 3.8) is 0 Å². The third-order valence-corrected chi connectivity index (χ3v) is 4.22. The van der Waals surface area contributed by atoms with Crippen molar-refractivity contribution in [2.45, 2.75) is 31.7 Å². The number of carbonyl (C=O) groups is 2. The number of nitrogens with one attached hydrogen (secondary N) is 2. The van der Waals surface area contributed by atoms with E-state index in [1.807, 2.05) is 0 Å². The lowest BCUT2D eigenvalue weighted by Gasteiger charge is -2.09. The number of benzene rings is 1. The van der Waals surface area contributed by atoms with Gasteiger partial charge in [0.1, 0.15) is 11.5 Å². The molecule has 27 heavy (non-hydrogen) atoms. The van der Waals surface area contributed by atoms with Gasteiger partial charge < -0.3 is 9.73 Å². The molecule has 1 heterocycles. The van der Waals surface area contributed by atoms with Crippen molar-refractivity contribution in [2.24, 2.45) is 5.10 Å². The van der Waals surface area contributed by atoms with Crippen LogP contribution in [0, 0.1) is 10.1 Å². The second kappa shape index (κ2) is 8.26. The maximum absolute atomic E-state index is 11.7. The van der Waals surface area contributed by atoms with Crippen molar-refractivity contribution in [2.75, 3.05) is 0 Å². The van der Waals surface area contributed by atoms with Crippen molar-refractivity contribution in [3.05, 3.63) is 52.3 Å². The molecule has 140 valence electrons. The van der Waals surface area contributed by atoms with Crippen LogP contribution in [0.15, 0.2) is 45.9 Å². The molecule has 1 aromatic heterocycles. The molecule has 0 aliphatic heterocycles. The van der Waals surface area contributed by atoms with Gasteiger partial charge in [-0.15, -0.1) is 0 Å². The van der Waals surface area contributed by atoms with Gasteiger partial charge in [0.05, 0.1) is 11.1 Å². The molecule has 2 aromatic rings. The Bertz CT molecular complexity index is 883. The zero-order valence-electron chi connectivity index (χ0n) is 14.4. The lowest BCUT2D eigenvalue weighted by Crippen LogP contribution is -2.42. The molecule has 3 rings (SSSR count). The highest BCUT2D eigenvalue weighted by Crippen LogP contribution is 2.25. The number of hydrazone groups is 1. The molecule has 0 unspecified atom stereocenters. The molecule has 0 bridgehead atoms. The summed E-state index contributed by atoms with van der Waals surface area (Å²) in [7, 11) is 0. The second-order valence-corrected chi connectivity index (χ2v) is 6.16. The Hall–Kier alpha value is -3.49. The van der Waals surface area contributed by atoms with Gasteiger partial charge in [-0.05, 0) is 25.0 Å². The molecule has 1 aliphatic carbocycles. The van der Waals surface area contributed by atoms with Crippen LogP contribution in [0.2, 0.25) is 0 Å². The molecule has 0 radical (unpaired) electrons. The third-order valence-electron chi connectivity index (χ3n) is 4.22. The quantitative estimate of drug-likeness (QED) is 0.361. The van der Waals surface area contributed by atoms with Crippen molar-refractivity contribution < 1.29 is 18.9 Å². The van der Waals surface area contributed by atoms with Crippen molar-refractivity contribution in [1.29, 1.82) is 0 Å². The lowest BCUT2D eigenvalue weighted by molar-refractivity contribution is -0.384. The van der Waals surface area contributed by atoms with E-state index in [0.29, 0.717) is 17.1 Å². The van der Waals surface area contributed by atoms with Gasteiger partial charge in [0.15, 0.2) is 0 Å². The van der Waals surface area contributed by atoms with E-state index >= 15 is 0 Å². The largest absolute Gasteiger partial charge is 0.455 e. The molecule has 1 aromatic carbocycles. The molecule has 0 atom stereocenters. The maximum Gasteiger partial charge on any atom is 0.329 e. The SMILES string of the molecule is O=C(NN=Cc1ccc(-c2cccc([N+](=O)[O-])c2)o1)C(=O)NC1CCCC1. The van der Waals surface area contributed by atoms with Gasteiger partial charge in [-0.25, -0.2) is 5.43 Å². The summed E-state index contributed by atoms with van der Waals surface area (Å²) in [6, 6.07) is 9.32. The first-order valence-electron chi connectivity index (χ1n) is 8.51. The number of rotatable bonds is 5. The summed E-state index contributed by atoms with van der Waals surface area (Å²) in [5, 5.41) is 17.2. The maximum atomic E-state index is 11.7. The highest BCUT2D eigenvalue weighted by molar-refractivity contribution is 6.35. The van der Waals surface area contributed by atoms with Gasteiger partial charge in [0.2, 0.25) is 0 Å². The van der Waals surface area contributed by atoms with Crippen LogP contribution < -0.4 is 10.7 Å². The summed E-state index contributed by atoms with van der Waals surface area (Å²) in [6.45, 7) is 0. The molecule has 9 nitrogen and oxygen atoms in total. The highest BCUT2D eigenvalue weighted by Gasteiger charge is 2.21. The summed E-state index contributed by atoms with van der Waals surface area (Å²) in [5.74, 6) is -0.808. The number of hydrogen-bond acceptors (Lipinski definition) is 6. The van der Waals surface area contributed by atoms with E-state index in [0.717, 1.165) is 25.7 Å². The number of carbonyl (C=O) groups excluding carboxylic acids is 2. The standard InChI is InChI=1S/C18H18N4O5/c23-17(20-13-5-1-2-6-13)18(24)21-19-11-15-8-9-16(27-15)12-4-3-7-14(10-12)22(25)26/h3-4,7-11,13H,1-2,5-6H2,(H,20,23)(H,21,24). The molecule has 0 saturated heterocycles. The van der Waals surface area contributed by atoms with E-state index in [-0.39, 0.29) is 11.7 Å². The number of hydrogen-bond donors (Lipinski definition) is 2. The number of nitro groups is 1. The van der Waals surface area contributed by atoms with Crippen LogP contribution >= 0.6 is 0 Å². The minimum atomic E-state index is -0.844. The molecule has 9 heteroatoms. The predicted molar refractivity (Wildman–Crippen MR) is 96.9 cm³/mol. The first-order chi connectivity index (χ1) is 13.0. The molecular formula is C18H18N4O5. The van der Waals surface area contributed by atoms with Crippen LogP contribution in [0.3, 0.4) is 0 Å². The monoisotopic (exact) mass is 370 g/mol. The zero-order chi connectivity index (χ0) is 19.2. The zero-order valence-corrected chi connectivity index (χ0v) is 14.4.